The molecule has 0 bridgehead atoms. The molecule has 0 saturated heterocycles. The van der Waals surface area contributed by atoms with Crippen molar-refractivity contribution in [2.24, 2.45) is 0 Å². The van der Waals surface area contributed by atoms with Crippen LogP contribution in [0.15, 0.2) is 30.3 Å². The van der Waals surface area contributed by atoms with Gasteiger partial charge in [-0.05, 0) is 37.6 Å². The molecule has 104 valence electrons. The first-order valence-corrected chi connectivity index (χ1v) is 6.33. The van der Waals surface area contributed by atoms with Gasteiger partial charge in [0, 0.05) is 5.69 Å². The fourth-order valence-corrected chi connectivity index (χ4v) is 2.09. The molecular weight excluding hydrogens is 281 g/mol. The lowest BCUT2D eigenvalue weighted by atomic mass is 10.1. The molecule has 0 aliphatic heterocycles. The molecule has 5 heteroatoms. The molecule has 0 saturated carbocycles. The molecule has 0 radical (unpaired) electrons. The van der Waals surface area contributed by atoms with Crippen LogP contribution in [0.5, 0.6) is 0 Å². The number of anilines is 2. The molecule has 0 spiro atoms. The van der Waals surface area contributed by atoms with Gasteiger partial charge in [-0.2, -0.15) is 0 Å². The number of aryl methyl sites for hydroxylation is 2. The number of carboxylic acids is 1. The van der Waals surface area contributed by atoms with Crippen LogP contribution in [-0.4, -0.2) is 11.1 Å². The standard InChI is InChI=1S/C15H13ClFNO2/c1-8-3-4-13(9(2)5-8)18-14-7-11(16)12(17)6-10(14)15(19)20/h3-7,18H,1-2H3,(H,19,20). The van der Waals surface area contributed by atoms with Crippen LogP contribution in [0.1, 0.15) is 21.5 Å². The highest BCUT2D eigenvalue weighted by Gasteiger charge is 2.15. The highest BCUT2D eigenvalue weighted by atomic mass is 35.5. The maximum atomic E-state index is 13.4. The smallest absolute Gasteiger partial charge is 0.337 e. The summed E-state index contributed by atoms with van der Waals surface area (Å²) < 4.78 is 13.4. The Bertz CT molecular complexity index is 686. The Morgan fingerprint density at radius 1 is 1.20 bits per heavy atom. The van der Waals surface area contributed by atoms with Gasteiger partial charge in [-0.1, -0.05) is 29.3 Å². The number of hydrogen-bond donors (Lipinski definition) is 2. The average Bonchev–Trinajstić information content (AvgIpc) is 2.36. The van der Waals surface area contributed by atoms with Gasteiger partial charge in [0.15, 0.2) is 0 Å². The van der Waals surface area contributed by atoms with E-state index in [1.807, 2.05) is 32.0 Å². The van der Waals surface area contributed by atoms with Gasteiger partial charge in [-0.15, -0.1) is 0 Å². The summed E-state index contributed by atoms with van der Waals surface area (Å²) in [6.07, 6.45) is 0. The monoisotopic (exact) mass is 293 g/mol. The van der Waals surface area contributed by atoms with E-state index in [2.05, 4.69) is 5.32 Å². The summed E-state index contributed by atoms with van der Waals surface area (Å²) in [5.41, 5.74) is 2.91. The molecule has 0 aromatic heterocycles. The maximum absolute atomic E-state index is 13.4. The van der Waals surface area contributed by atoms with E-state index in [-0.39, 0.29) is 16.3 Å². The maximum Gasteiger partial charge on any atom is 0.337 e. The van der Waals surface area contributed by atoms with Crippen molar-refractivity contribution in [1.29, 1.82) is 0 Å². The third-order valence-electron chi connectivity index (χ3n) is 2.94. The minimum absolute atomic E-state index is 0.123. The lowest BCUT2D eigenvalue weighted by Crippen LogP contribution is -2.04. The molecule has 3 nitrogen and oxygen atoms in total. The minimum Gasteiger partial charge on any atom is -0.478 e. The van der Waals surface area contributed by atoms with Crippen LogP contribution in [-0.2, 0) is 0 Å². The molecule has 0 aliphatic carbocycles. The van der Waals surface area contributed by atoms with Crippen molar-refractivity contribution in [2.45, 2.75) is 13.8 Å². The topological polar surface area (TPSA) is 49.3 Å². The van der Waals surface area contributed by atoms with Crippen molar-refractivity contribution in [1.82, 2.24) is 0 Å². The number of benzene rings is 2. The van der Waals surface area contributed by atoms with Gasteiger partial charge in [0.25, 0.3) is 0 Å². The first-order chi connectivity index (χ1) is 9.38. The van der Waals surface area contributed by atoms with Crippen LogP contribution in [0.4, 0.5) is 15.8 Å². The van der Waals surface area contributed by atoms with Crippen molar-refractivity contribution in [2.75, 3.05) is 5.32 Å². The highest BCUT2D eigenvalue weighted by molar-refractivity contribution is 6.31. The Kier molecular flexibility index (Phi) is 3.95. The Hall–Kier alpha value is -2.07. The zero-order valence-electron chi connectivity index (χ0n) is 11.0. The Balaban J connectivity index is 2.47. The molecule has 0 atom stereocenters. The van der Waals surface area contributed by atoms with Crippen LogP contribution in [0.25, 0.3) is 0 Å². The summed E-state index contributed by atoms with van der Waals surface area (Å²) in [6, 6.07) is 7.90. The van der Waals surface area contributed by atoms with E-state index < -0.39 is 11.8 Å². The first kappa shape index (κ1) is 14.3. The second-order valence-electron chi connectivity index (χ2n) is 4.56. The second kappa shape index (κ2) is 5.51. The van der Waals surface area contributed by atoms with E-state index in [0.29, 0.717) is 0 Å². The van der Waals surface area contributed by atoms with Crippen molar-refractivity contribution < 1.29 is 14.3 Å². The number of carboxylic acid groups (broad SMARTS) is 1. The van der Waals surface area contributed by atoms with Crippen LogP contribution in [0.3, 0.4) is 0 Å². The Morgan fingerprint density at radius 3 is 2.50 bits per heavy atom. The average molecular weight is 294 g/mol. The third-order valence-corrected chi connectivity index (χ3v) is 3.23. The van der Waals surface area contributed by atoms with Crippen LogP contribution in [0.2, 0.25) is 5.02 Å². The molecule has 2 rings (SSSR count). The molecule has 0 unspecified atom stereocenters. The predicted octanol–water partition coefficient (Wildman–Crippen LogP) is 4.54. The van der Waals surface area contributed by atoms with Crippen LogP contribution in [0, 0.1) is 19.7 Å². The van der Waals surface area contributed by atoms with Gasteiger partial charge in [0.2, 0.25) is 0 Å². The SMILES string of the molecule is Cc1ccc(Nc2cc(Cl)c(F)cc2C(=O)O)c(C)c1. The summed E-state index contributed by atoms with van der Waals surface area (Å²) in [5.74, 6) is -1.97. The number of hydrogen-bond acceptors (Lipinski definition) is 2. The zero-order chi connectivity index (χ0) is 14.9. The predicted molar refractivity (Wildman–Crippen MR) is 77.6 cm³/mol. The van der Waals surface area contributed by atoms with Crippen molar-refractivity contribution in [3.8, 4) is 0 Å². The molecule has 0 heterocycles. The van der Waals surface area contributed by atoms with E-state index in [9.17, 15) is 9.18 Å². The lowest BCUT2D eigenvalue weighted by molar-refractivity contribution is 0.0697. The van der Waals surface area contributed by atoms with Gasteiger partial charge in [0.1, 0.15) is 5.82 Å². The number of aromatic carboxylic acids is 1. The fraction of sp³-hybridized carbons (Fsp3) is 0.133. The van der Waals surface area contributed by atoms with Crippen molar-refractivity contribution in [3.05, 3.63) is 57.9 Å². The van der Waals surface area contributed by atoms with Crippen LogP contribution >= 0.6 is 11.6 Å². The van der Waals surface area contributed by atoms with E-state index in [0.717, 1.165) is 22.9 Å². The van der Waals surface area contributed by atoms with E-state index in [1.165, 1.54) is 6.07 Å². The quantitative estimate of drug-likeness (QED) is 0.873. The molecule has 0 fully saturated rings. The summed E-state index contributed by atoms with van der Waals surface area (Å²) in [6.45, 7) is 3.87. The van der Waals surface area contributed by atoms with E-state index in [1.54, 1.807) is 0 Å². The highest BCUT2D eigenvalue weighted by Crippen LogP contribution is 2.29. The lowest BCUT2D eigenvalue weighted by Gasteiger charge is -2.13. The zero-order valence-corrected chi connectivity index (χ0v) is 11.8. The van der Waals surface area contributed by atoms with Gasteiger partial charge in [-0.25, -0.2) is 9.18 Å². The molecule has 2 aromatic rings. The summed E-state index contributed by atoms with van der Waals surface area (Å²) in [7, 11) is 0. The molecule has 2 aromatic carbocycles. The number of rotatable bonds is 3. The molecular formula is C15H13ClFNO2. The number of carbonyl (C=O) groups is 1. The second-order valence-corrected chi connectivity index (χ2v) is 4.97. The normalized spacial score (nSPS) is 10.4. The fourth-order valence-electron chi connectivity index (χ4n) is 1.93. The van der Waals surface area contributed by atoms with Crippen molar-refractivity contribution in [3.63, 3.8) is 0 Å². The minimum atomic E-state index is -1.21. The molecule has 20 heavy (non-hydrogen) atoms. The molecule has 0 aliphatic rings. The van der Waals surface area contributed by atoms with Crippen molar-refractivity contribution >= 4 is 28.9 Å². The van der Waals surface area contributed by atoms with E-state index in [4.69, 9.17) is 16.7 Å². The van der Waals surface area contributed by atoms with Crippen LogP contribution < -0.4 is 5.32 Å². The summed E-state index contributed by atoms with van der Waals surface area (Å²) in [4.78, 5) is 11.2. The number of halogens is 2. The van der Waals surface area contributed by atoms with Gasteiger partial charge in [0.05, 0.1) is 16.3 Å². The summed E-state index contributed by atoms with van der Waals surface area (Å²) >= 11 is 5.71. The molecule has 2 N–H and O–H groups in total. The molecule has 0 amide bonds. The Labute approximate surface area is 121 Å². The number of nitrogens with one attached hydrogen (secondary N) is 1. The van der Waals surface area contributed by atoms with E-state index >= 15 is 0 Å². The van der Waals surface area contributed by atoms with Gasteiger partial charge in [-0.3, -0.25) is 0 Å². The summed E-state index contributed by atoms with van der Waals surface area (Å²) in [5, 5.41) is 12.0. The largest absolute Gasteiger partial charge is 0.478 e. The Morgan fingerprint density at radius 2 is 1.90 bits per heavy atom. The van der Waals surface area contributed by atoms with Gasteiger partial charge < -0.3 is 10.4 Å². The first-order valence-electron chi connectivity index (χ1n) is 5.95. The van der Waals surface area contributed by atoms with Gasteiger partial charge >= 0.3 is 5.97 Å². The third kappa shape index (κ3) is 2.91.